The predicted octanol–water partition coefficient (Wildman–Crippen LogP) is 1.85. The molecule has 1 heterocycles. The van der Waals surface area contributed by atoms with E-state index < -0.39 is 0 Å². The molecule has 7 heteroatoms. The van der Waals surface area contributed by atoms with Crippen LogP contribution < -0.4 is 10.6 Å². The van der Waals surface area contributed by atoms with Crippen molar-refractivity contribution in [1.29, 1.82) is 0 Å². The van der Waals surface area contributed by atoms with Crippen molar-refractivity contribution < 1.29 is 14.0 Å². The van der Waals surface area contributed by atoms with Gasteiger partial charge in [-0.2, -0.15) is 0 Å². The number of oxime groups is 1. The first kappa shape index (κ1) is 12.2. The maximum Gasteiger partial charge on any atom is 0.180 e. The number of carbonyl (C=O) groups is 1. The van der Waals surface area contributed by atoms with E-state index in [4.69, 9.17) is 10.6 Å². The summed E-state index contributed by atoms with van der Waals surface area (Å²) in [6.07, 6.45) is 0.512. The molecule has 0 amide bonds. The Labute approximate surface area is 106 Å². The normalized spacial score (nSPS) is 11.3. The summed E-state index contributed by atoms with van der Waals surface area (Å²) in [6.45, 7) is 0. The Bertz CT molecular complexity index is 580. The molecule has 2 N–H and O–H groups in total. The first-order valence-corrected chi connectivity index (χ1v) is 5.74. The van der Waals surface area contributed by atoms with Gasteiger partial charge in [0.2, 0.25) is 0 Å². The van der Waals surface area contributed by atoms with Crippen LogP contribution in [0.5, 0.6) is 5.75 Å². The minimum Gasteiger partial charge on any atom is -0.375 e. The molecular formula is C11H8FN3O2S. The van der Waals surface area contributed by atoms with E-state index in [1.807, 2.05) is 0 Å². The molecular weight excluding hydrogens is 257 g/mol. The molecule has 0 unspecified atom stereocenters. The second-order valence-electron chi connectivity index (χ2n) is 3.21. The monoisotopic (exact) mass is 265 g/mol. The zero-order chi connectivity index (χ0) is 13.0. The van der Waals surface area contributed by atoms with E-state index in [1.54, 1.807) is 5.38 Å². The highest BCUT2D eigenvalue weighted by Crippen LogP contribution is 2.14. The molecule has 2 rings (SSSR count). The number of nitrogen functional groups attached to an aromatic ring is 1. The van der Waals surface area contributed by atoms with Crippen LogP contribution in [0.15, 0.2) is 34.8 Å². The third-order valence-electron chi connectivity index (χ3n) is 1.96. The molecule has 0 saturated heterocycles. The summed E-state index contributed by atoms with van der Waals surface area (Å²) in [6, 6.07) is 5.26. The smallest absolute Gasteiger partial charge is 0.180 e. The number of halogens is 1. The number of rotatable bonds is 4. The number of thiazole rings is 1. The summed E-state index contributed by atoms with van der Waals surface area (Å²) >= 11 is 1.19. The number of carbonyl (C=O) groups excluding carboxylic acids is 1. The Kier molecular flexibility index (Phi) is 3.63. The van der Waals surface area contributed by atoms with Crippen LogP contribution in [0.4, 0.5) is 9.52 Å². The van der Waals surface area contributed by atoms with Crippen LogP contribution in [0.25, 0.3) is 0 Å². The molecule has 0 radical (unpaired) electrons. The molecule has 0 aliphatic carbocycles. The van der Waals surface area contributed by atoms with Crippen molar-refractivity contribution in [3.05, 3.63) is 41.2 Å². The molecule has 1 aromatic carbocycles. The quantitative estimate of drug-likeness (QED) is 0.520. The molecule has 92 valence electrons. The molecule has 0 bridgehead atoms. The number of hydrogen-bond acceptors (Lipinski definition) is 6. The Morgan fingerprint density at radius 1 is 1.44 bits per heavy atom. The van der Waals surface area contributed by atoms with Gasteiger partial charge in [0.15, 0.2) is 22.9 Å². The van der Waals surface area contributed by atoms with Crippen LogP contribution in [0.2, 0.25) is 0 Å². The highest BCUT2D eigenvalue weighted by molar-refractivity contribution is 7.13. The Balaban J connectivity index is 2.15. The lowest BCUT2D eigenvalue weighted by atomic mass is 10.3. The summed E-state index contributed by atoms with van der Waals surface area (Å²) in [4.78, 5) is 19.7. The standard InChI is InChI=1S/C11H8FN3O2S/c12-7-1-3-8(4-2-7)17-15-9(5-16)10-6-18-11(13)14-10/h1-6H,(H2,13,14)/b15-9+. The van der Waals surface area contributed by atoms with Gasteiger partial charge in [0.1, 0.15) is 11.5 Å². The molecule has 0 saturated carbocycles. The number of nitrogens with two attached hydrogens (primary N) is 1. The number of aromatic nitrogens is 1. The van der Waals surface area contributed by atoms with Gasteiger partial charge >= 0.3 is 0 Å². The van der Waals surface area contributed by atoms with Crippen LogP contribution in [0.3, 0.4) is 0 Å². The summed E-state index contributed by atoms with van der Waals surface area (Å²) < 4.78 is 12.6. The minimum absolute atomic E-state index is 0.0206. The van der Waals surface area contributed by atoms with Gasteiger partial charge in [-0.05, 0) is 24.3 Å². The third-order valence-corrected chi connectivity index (χ3v) is 2.63. The zero-order valence-corrected chi connectivity index (χ0v) is 9.86. The molecule has 1 aromatic heterocycles. The first-order valence-electron chi connectivity index (χ1n) is 4.86. The van der Waals surface area contributed by atoms with E-state index in [0.717, 1.165) is 0 Å². The van der Waals surface area contributed by atoms with Crippen molar-refractivity contribution >= 4 is 28.5 Å². The zero-order valence-electron chi connectivity index (χ0n) is 9.04. The van der Waals surface area contributed by atoms with E-state index in [1.165, 1.54) is 35.6 Å². The number of aldehydes is 1. The Morgan fingerprint density at radius 2 is 2.17 bits per heavy atom. The SMILES string of the molecule is Nc1nc(/C(C=O)=N/Oc2ccc(F)cc2)cs1. The van der Waals surface area contributed by atoms with Crippen molar-refractivity contribution in [2.45, 2.75) is 0 Å². The minimum atomic E-state index is -0.380. The second kappa shape index (κ2) is 5.37. The number of anilines is 1. The summed E-state index contributed by atoms with van der Waals surface area (Å²) in [5.41, 5.74) is 5.81. The van der Waals surface area contributed by atoms with E-state index in [2.05, 4.69) is 10.1 Å². The second-order valence-corrected chi connectivity index (χ2v) is 4.10. The molecule has 2 aromatic rings. The maximum absolute atomic E-state index is 12.6. The van der Waals surface area contributed by atoms with Crippen molar-refractivity contribution in [2.75, 3.05) is 5.73 Å². The van der Waals surface area contributed by atoms with Gasteiger partial charge in [-0.25, -0.2) is 9.37 Å². The van der Waals surface area contributed by atoms with Gasteiger partial charge in [-0.3, -0.25) is 4.79 Å². The average molecular weight is 265 g/mol. The molecule has 0 atom stereocenters. The molecule has 0 aliphatic heterocycles. The number of hydrogen-bond donors (Lipinski definition) is 1. The van der Waals surface area contributed by atoms with Crippen molar-refractivity contribution in [2.24, 2.45) is 5.16 Å². The van der Waals surface area contributed by atoms with Gasteiger partial charge in [0.25, 0.3) is 0 Å². The predicted molar refractivity (Wildman–Crippen MR) is 66.2 cm³/mol. The van der Waals surface area contributed by atoms with Gasteiger partial charge in [-0.1, -0.05) is 5.16 Å². The fourth-order valence-corrected chi connectivity index (χ4v) is 1.69. The van der Waals surface area contributed by atoms with Crippen molar-refractivity contribution in [3.63, 3.8) is 0 Å². The summed E-state index contributed by atoms with van der Waals surface area (Å²) in [5, 5.41) is 5.57. The lowest BCUT2D eigenvalue weighted by Crippen LogP contribution is -2.05. The molecule has 0 spiro atoms. The lowest BCUT2D eigenvalue weighted by Gasteiger charge is -1.98. The molecule has 18 heavy (non-hydrogen) atoms. The lowest BCUT2D eigenvalue weighted by molar-refractivity contribution is -0.102. The summed E-state index contributed by atoms with van der Waals surface area (Å²) in [5.74, 6) is -0.0619. The van der Waals surface area contributed by atoms with Gasteiger partial charge < -0.3 is 10.6 Å². The van der Waals surface area contributed by atoms with E-state index in [0.29, 0.717) is 22.9 Å². The largest absolute Gasteiger partial charge is 0.375 e. The van der Waals surface area contributed by atoms with Gasteiger partial charge in [-0.15, -0.1) is 11.3 Å². The van der Waals surface area contributed by atoms with Crippen LogP contribution in [-0.2, 0) is 4.79 Å². The fourth-order valence-electron chi connectivity index (χ4n) is 1.13. The highest BCUT2D eigenvalue weighted by atomic mass is 32.1. The van der Waals surface area contributed by atoms with Gasteiger partial charge in [0, 0.05) is 5.38 Å². The first-order chi connectivity index (χ1) is 8.69. The van der Waals surface area contributed by atoms with Crippen LogP contribution >= 0.6 is 11.3 Å². The molecule has 0 aliphatic rings. The topological polar surface area (TPSA) is 77.6 Å². The van der Waals surface area contributed by atoms with Crippen molar-refractivity contribution in [3.8, 4) is 5.75 Å². The number of benzene rings is 1. The van der Waals surface area contributed by atoms with E-state index >= 15 is 0 Å². The van der Waals surface area contributed by atoms with Crippen LogP contribution in [-0.4, -0.2) is 17.0 Å². The Hall–Kier alpha value is -2.28. The van der Waals surface area contributed by atoms with E-state index in [-0.39, 0.29) is 11.5 Å². The van der Waals surface area contributed by atoms with Gasteiger partial charge in [0.05, 0.1) is 0 Å². The Morgan fingerprint density at radius 3 is 2.72 bits per heavy atom. The highest BCUT2D eigenvalue weighted by Gasteiger charge is 2.07. The summed E-state index contributed by atoms with van der Waals surface area (Å²) in [7, 11) is 0. The number of nitrogens with zero attached hydrogens (tertiary/aromatic N) is 2. The third kappa shape index (κ3) is 2.89. The van der Waals surface area contributed by atoms with Crippen molar-refractivity contribution in [1.82, 2.24) is 4.98 Å². The average Bonchev–Trinajstić information content (AvgIpc) is 2.79. The molecule has 0 fully saturated rings. The van der Waals surface area contributed by atoms with Crippen LogP contribution in [0.1, 0.15) is 5.69 Å². The molecule has 5 nitrogen and oxygen atoms in total. The van der Waals surface area contributed by atoms with E-state index in [9.17, 15) is 9.18 Å². The maximum atomic E-state index is 12.6. The fraction of sp³-hybridized carbons (Fsp3) is 0. The van der Waals surface area contributed by atoms with Crippen LogP contribution in [0, 0.1) is 5.82 Å².